The third kappa shape index (κ3) is 3.26. The molecule has 16 heavy (non-hydrogen) atoms. The van der Waals surface area contributed by atoms with Crippen molar-refractivity contribution in [1.29, 1.82) is 0 Å². The molecule has 0 aliphatic heterocycles. The van der Waals surface area contributed by atoms with Gasteiger partial charge in [-0.15, -0.1) is 11.6 Å². The maximum absolute atomic E-state index is 6.33. The minimum Gasteiger partial charge on any atom is -0.118 e. The minimum absolute atomic E-state index is 0.310. The van der Waals surface area contributed by atoms with E-state index < -0.39 is 0 Å². The first-order valence-electron chi connectivity index (χ1n) is 6.99. The Hall–Kier alpha value is 0.0300. The van der Waals surface area contributed by atoms with Gasteiger partial charge in [-0.3, -0.25) is 0 Å². The van der Waals surface area contributed by atoms with Crippen LogP contribution in [-0.4, -0.2) is 5.38 Å². The van der Waals surface area contributed by atoms with E-state index in [4.69, 9.17) is 11.6 Å². The van der Waals surface area contributed by atoms with Crippen molar-refractivity contribution >= 4 is 11.6 Å². The normalized spacial score (nSPS) is 41.3. The lowest BCUT2D eigenvalue weighted by Gasteiger charge is -2.33. The summed E-state index contributed by atoms with van der Waals surface area (Å²) in [5, 5.41) is 0.310. The van der Waals surface area contributed by atoms with E-state index in [1.54, 1.807) is 5.57 Å². The van der Waals surface area contributed by atoms with Gasteiger partial charge in [0.05, 0.1) is 5.38 Å². The van der Waals surface area contributed by atoms with E-state index in [9.17, 15) is 0 Å². The van der Waals surface area contributed by atoms with Crippen LogP contribution in [0.3, 0.4) is 0 Å². The first-order valence-corrected chi connectivity index (χ1v) is 7.43. The molecule has 0 aromatic carbocycles. The van der Waals surface area contributed by atoms with Crippen molar-refractivity contribution in [2.24, 2.45) is 17.8 Å². The van der Waals surface area contributed by atoms with Gasteiger partial charge in [0.2, 0.25) is 0 Å². The van der Waals surface area contributed by atoms with Crippen LogP contribution in [0.4, 0.5) is 0 Å². The number of rotatable bonds is 1. The summed E-state index contributed by atoms with van der Waals surface area (Å²) >= 11 is 6.33. The molecular weight excluding hydrogens is 216 g/mol. The first-order chi connectivity index (χ1) is 7.65. The maximum atomic E-state index is 6.33. The van der Waals surface area contributed by atoms with E-state index in [2.05, 4.69) is 19.9 Å². The molecule has 3 unspecified atom stereocenters. The molecule has 0 heterocycles. The third-order valence-corrected chi connectivity index (χ3v) is 4.64. The Morgan fingerprint density at radius 2 is 1.75 bits per heavy atom. The Morgan fingerprint density at radius 3 is 2.44 bits per heavy atom. The highest BCUT2D eigenvalue weighted by atomic mass is 35.5. The SMILES string of the molecule is CC1CC(C)CC(C2=CC(Cl)CCCC2)C1. The van der Waals surface area contributed by atoms with Gasteiger partial charge < -0.3 is 0 Å². The average Bonchev–Trinajstić information content (AvgIpc) is 2.41. The van der Waals surface area contributed by atoms with Crippen molar-refractivity contribution in [3.8, 4) is 0 Å². The number of halogens is 1. The van der Waals surface area contributed by atoms with Crippen LogP contribution in [0, 0.1) is 17.8 Å². The molecular formula is C15H25Cl. The number of alkyl halides is 1. The highest BCUT2D eigenvalue weighted by molar-refractivity contribution is 6.21. The van der Waals surface area contributed by atoms with Gasteiger partial charge in [0.1, 0.15) is 0 Å². The van der Waals surface area contributed by atoms with Crippen molar-refractivity contribution < 1.29 is 0 Å². The topological polar surface area (TPSA) is 0 Å². The molecule has 0 bridgehead atoms. The van der Waals surface area contributed by atoms with Crippen LogP contribution in [0.5, 0.6) is 0 Å². The number of allylic oxidation sites excluding steroid dienone is 2. The molecule has 0 aromatic rings. The smallest absolute Gasteiger partial charge is 0.0518 e. The Bertz CT molecular complexity index is 246. The summed E-state index contributed by atoms with van der Waals surface area (Å²) < 4.78 is 0. The van der Waals surface area contributed by atoms with Crippen LogP contribution in [0.1, 0.15) is 58.8 Å². The van der Waals surface area contributed by atoms with Crippen molar-refractivity contribution in [3.63, 3.8) is 0 Å². The van der Waals surface area contributed by atoms with Gasteiger partial charge in [0.25, 0.3) is 0 Å². The summed E-state index contributed by atoms with van der Waals surface area (Å²) in [6, 6.07) is 0. The summed E-state index contributed by atoms with van der Waals surface area (Å²) in [4.78, 5) is 0. The van der Waals surface area contributed by atoms with E-state index in [0.717, 1.165) is 17.8 Å². The molecule has 3 atom stereocenters. The molecule has 2 rings (SSSR count). The molecule has 0 nitrogen and oxygen atoms in total. The molecule has 0 spiro atoms. The van der Waals surface area contributed by atoms with Crippen LogP contribution in [0.25, 0.3) is 0 Å². The largest absolute Gasteiger partial charge is 0.118 e. The molecule has 0 radical (unpaired) electrons. The average molecular weight is 241 g/mol. The van der Waals surface area contributed by atoms with Gasteiger partial charge in [0, 0.05) is 0 Å². The minimum atomic E-state index is 0.310. The van der Waals surface area contributed by atoms with E-state index in [1.807, 2.05) is 0 Å². The van der Waals surface area contributed by atoms with Gasteiger partial charge in [-0.05, 0) is 56.3 Å². The Morgan fingerprint density at radius 1 is 1.06 bits per heavy atom. The molecule has 0 aromatic heterocycles. The second kappa shape index (κ2) is 5.58. The molecule has 1 fully saturated rings. The van der Waals surface area contributed by atoms with Gasteiger partial charge in [-0.25, -0.2) is 0 Å². The summed E-state index contributed by atoms with van der Waals surface area (Å²) in [7, 11) is 0. The number of hydrogen-bond acceptors (Lipinski definition) is 0. The van der Waals surface area contributed by atoms with Crippen molar-refractivity contribution in [1.82, 2.24) is 0 Å². The fourth-order valence-corrected chi connectivity index (χ4v) is 3.97. The quantitative estimate of drug-likeness (QED) is 0.438. The first kappa shape index (κ1) is 12.5. The van der Waals surface area contributed by atoms with Crippen LogP contribution in [0.15, 0.2) is 11.6 Å². The molecule has 1 saturated carbocycles. The maximum Gasteiger partial charge on any atom is 0.0518 e. The Kier molecular flexibility index (Phi) is 4.35. The zero-order valence-electron chi connectivity index (χ0n) is 10.7. The van der Waals surface area contributed by atoms with Gasteiger partial charge in [0.15, 0.2) is 0 Å². The molecule has 1 heteroatoms. The predicted molar refractivity (Wildman–Crippen MR) is 71.9 cm³/mol. The van der Waals surface area contributed by atoms with E-state index in [0.29, 0.717) is 5.38 Å². The third-order valence-electron chi connectivity index (χ3n) is 4.29. The van der Waals surface area contributed by atoms with Crippen LogP contribution < -0.4 is 0 Å². The van der Waals surface area contributed by atoms with Gasteiger partial charge >= 0.3 is 0 Å². The van der Waals surface area contributed by atoms with Gasteiger partial charge in [-0.2, -0.15) is 0 Å². The zero-order valence-corrected chi connectivity index (χ0v) is 11.5. The van der Waals surface area contributed by atoms with E-state index >= 15 is 0 Å². The lowest BCUT2D eigenvalue weighted by atomic mass is 9.73. The molecule has 2 aliphatic carbocycles. The second-order valence-electron chi connectivity index (χ2n) is 6.12. The lowest BCUT2D eigenvalue weighted by Crippen LogP contribution is -2.21. The highest BCUT2D eigenvalue weighted by Gasteiger charge is 2.27. The van der Waals surface area contributed by atoms with Crippen LogP contribution >= 0.6 is 11.6 Å². The highest BCUT2D eigenvalue weighted by Crippen LogP contribution is 2.39. The van der Waals surface area contributed by atoms with Gasteiger partial charge in [-0.1, -0.05) is 31.9 Å². The fraction of sp³-hybridized carbons (Fsp3) is 0.867. The Labute approximate surface area is 105 Å². The van der Waals surface area contributed by atoms with Crippen LogP contribution in [-0.2, 0) is 0 Å². The standard InChI is InChI=1S/C15H25Cl/c1-11-7-12(2)9-14(8-11)13-5-3-4-6-15(16)10-13/h10-12,14-15H,3-9H2,1-2H3. The fourth-order valence-electron chi connectivity index (χ4n) is 3.66. The summed E-state index contributed by atoms with van der Waals surface area (Å²) in [6.45, 7) is 4.83. The second-order valence-corrected chi connectivity index (χ2v) is 6.68. The van der Waals surface area contributed by atoms with E-state index in [1.165, 1.54) is 44.9 Å². The van der Waals surface area contributed by atoms with Crippen molar-refractivity contribution in [2.45, 2.75) is 64.2 Å². The predicted octanol–water partition coefficient (Wildman–Crippen LogP) is 5.17. The Balaban J connectivity index is 2.04. The molecule has 2 aliphatic rings. The molecule has 0 saturated heterocycles. The van der Waals surface area contributed by atoms with Crippen molar-refractivity contribution in [2.75, 3.05) is 0 Å². The summed E-state index contributed by atoms with van der Waals surface area (Å²) in [5.41, 5.74) is 1.69. The molecule has 92 valence electrons. The molecule has 0 N–H and O–H groups in total. The summed E-state index contributed by atoms with van der Waals surface area (Å²) in [6.07, 6.45) is 11.8. The summed E-state index contributed by atoms with van der Waals surface area (Å²) in [5.74, 6) is 2.66. The monoisotopic (exact) mass is 240 g/mol. The zero-order chi connectivity index (χ0) is 11.5. The van der Waals surface area contributed by atoms with E-state index in [-0.39, 0.29) is 0 Å². The molecule has 0 amide bonds. The number of hydrogen-bond donors (Lipinski definition) is 0. The lowest BCUT2D eigenvalue weighted by molar-refractivity contribution is 0.240. The van der Waals surface area contributed by atoms with Crippen LogP contribution in [0.2, 0.25) is 0 Å². The van der Waals surface area contributed by atoms with Crippen molar-refractivity contribution in [3.05, 3.63) is 11.6 Å².